The molecule has 0 spiro atoms. The fourth-order valence-corrected chi connectivity index (χ4v) is 4.58. The van der Waals surface area contributed by atoms with Crippen molar-refractivity contribution in [2.75, 3.05) is 47.0 Å². The molecule has 0 radical (unpaired) electrons. The van der Waals surface area contributed by atoms with E-state index in [1.807, 2.05) is 24.3 Å². The van der Waals surface area contributed by atoms with Crippen molar-refractivity contribution in [2.24, 2.45) is 0 Å². The van der Waals surface area contributed by atoms with Gasteiger partial charge in [0.25, 0.3) is 5.56 Å². The number of esters is 1. The molecule has 1 aromatic heterocycles. The maximum Gasteiger partial charge on any atom is 0.343 e. The van der Waals surface area contributed by atoms with Crippen LogP contribution in [0, 0.1) is 0 Å². The average Bonchev–Trinajstić information content (AvgIpc) is 3.13. The maximum absolute atomic E-state index is 12.9. The normalized spacial score (nSPS) is 16.2. The first-order valence-electron chi connectivity index (χ1n) is 11.6. The monoisotopic (exact) mass is 469 g/mol. The number of benzene rings is 1. The van der Waals surface area contributed by atoms with E-state index in [9.17, 15) is 14.4 Å². The molecule has 0 saturated carbocycles. The zero-order valence-corrected chi connectivity index (χ0v) is 19.7. The number of likely N-dealkylation sites (tertiary alicyclic amines) is 1. The van der Waals surface area contributed by atoms with E-state index < -0.39 is 5.97 Å². The molecule has 2 aromatic rings. The largest absolute Gasteiger partial charge is 0.497 e. The second-order valence-electron chi connectivity index (χ2n) is 8.52. The molecule has 9 nitrogen and oxygen atoms in total. The fourth-order valence-electron chi connectivity index (χ4n) is 4.58. The van der Waals surface area contributed by atoms with Crippen LogP contribution in [0.25, 0.3) is 0 Å². The number of pyridine rings is 1. The Hall–Kier alpha value is -3.33. The fraction of sp³-hybridized carbons (Fsp3) is 0.480. The van der Waals surface area contributed by atoms with Crippen molar-refractivity contribution in [3.8, 4) is 11.5 Å². The number of hydrogen-bond acceptors (Lipinski definition) is 7. The Morgan fingerprint density at radius 3 is 2.47 bits per heavy atom. The van der Waals surface area contributed by atoms with Crippen LogP contribution in [0.15, 0.2) is 35.1 Å². The molecular weight excluding hydrogens is 438 g/mol. The number of amides is 1. The van der Waals surface area contributed by atoms with Gasteiger partial charge >= 0.3 is 5.97 Å². The van der Waals surface area contributed by atoms with Crippen LogP contribution >= 0.6 is 0 Å². The number of carbonyl (C=O) groups excluding carboxylic acids is 2. The maximum atomic E-state index is 12.9. The third-order valence-electron chi connectivity index (χ3n) is 6.43. The van der Waals surface area contributed by atoms with E-state index in [2.05, 4.69) is 4.90 Å². The zero-order chi connectivity index (χ0) is 24.1. The Kier molecular flexibility index (Phi) is 7.52. The predicted octanol–water partition coefficient (Wildman–Crippen LogP) is 1.70. The molecule has 2 aliphatic rings. The van der Waals surface area contributed by atoms with Crippen molar-refractivity contribution in [3.05, 3.63) is 57.5 Å². The molecule has 0 aliphatic carbocycles. The molecule has 1 saturated heterocycles. The quantitative estimate of drug-likeness (QED) is 0.544. The second-order valence-corrected chi connectivity index (χ2v) is 8.52. The summed E-state index contributed by atoms with van der Waals surface area (Å²) < 4.78 is 17.8. The first-order chi connectivity index (χ1) is 16.5. The van der Waals surface area contributed by atoms with Gasteiger partial charge in [0.2, 0.25) is 5.91 Å². The van der Waals surface area contributed by atoms with Gasteiger partial charge in [0.15, 0.2) is 0 Å². The summed E-state index contributed by atoms with van der Waals surface area (Å²) in [5.74, 6) is 0.608. The van der Waals surface area contributed by atoms with Crippen LogP contribution in [0.1, 0.15) is 34.5 Å². The molecule has 0 atom stereocenters. The number of fused-ring (bicyclic) bond motifs is 1. The van der Waals surface area contributed by atoms with Gasteiger partial charge in [-0.25, -0.2) is 4.79 Å². The number of methoxy groups -OCH3 is 2. The van der Waals surface area contributed by atoms with Crippen LogP contribution in [0.5, 0.6) is 11.5 Å². The number of aromatic nitrogens is 1. The lowest BCUT2D eigenvalue weighted by atomic mass is 10.1. The first-order valence-corrected chi connectivity index (χ1v) is 11.6. The van der Waals surface area contributed by atoms with E-state index in [1.54, 1.807) is 16.6 Å². The van der Waals surface area contributed by atoms with Crippen LogP contribution < -0.4 is 15.0 Å². The van der Waals surface area contributed by atoms with Crippen molar-refractivity contribution in [1.82, 2.24) is 14.4 Å². The highest BCUT2D eigenvalue weighted by atomic mass is 16.5. The summed E-state index contributed by atoms with van der Waals surface area (Å²) >= 11 is 0. The summed E-state index contributed by atoms with van der Waals surface area (Å²) in [7, 11) is 2.96. The van der Waals surface area contributed by atoms with Gasteiger partial charge in [-0.15, -0.1) is 0 Å². The van der Waals surface area contributed by atoms with E-state index in [4.69, 9.17) is 14.2 Å². The minimum atomic E-state index is -0.528. The van der Waals surface area contributed by atoms with E-state index in [-0.39, 0.29) is 23.8 Å². The predicted molar refractivity (Wildman–Crippen MR) is 125 cm³/mol. The molecule has 0 bridgehead atoms. The van der Waals surface area contributed by atoms with Crippen molar-refractivity contribution in [3.63, 3.8) is 0 Å². The van der Waals surface area contributed by atoms with E-state index >= 15 is 0 Å². The topological polar surface area (TPSA) is 90.3 Å². The Balaban J connectivity index is 1.51. The molecule has 1 aromatic carbocycles. The minimum absolute atomic E-state index is 0.107. The highest BCUT2D eigenvalue weighted by Gasteiger charge is 2.27. The van der Waals surface area contributed by atoms with Crippen molar-refractivity contribution in [1.29, 1.82) is 0 Å². The highest BCUT2D eigenvalue weighted by Crippen LogP contribution is 2.25. The Labute approximate surface area is 198 Å². The van der Waals surface area contributed by atoms with Crippen molar-refractivity contribution in [2.45, 2.75) is 32.4 Å². The SMILES string of the molecule is COC(=O)c1c(OCCN2CCCC2=O)cc(=O)n2c1CCN(Cc1ccc(OC)cc1)CC2. The summed E-state index contributed by atoms with van der Waals surface area (Å²) in [6.45, 7) is 3.90. The molecule has 1 fully saturated rings. The van der Waals surface area contributed by atoms with Crippen LogP contribution in [0.2, 0.25) is 0 Å². The lowest BCUT2D eigenvalue weighted by Gasteiger charge is -2.19. The van der Waals surface area contributed by atoms with Crippen LogP contribution in [-0.4, -0.2) is 73.2 Å². The number of ether oxygens (including phenoxy) is 3. The third-order valence-corrected chi connectivity index (χ3v) is 6.43. The van der Waals surface area contributed by atoms with Crippen molar-refractivity contribution < 1.29 is 23.8 Å². The van der Waals surface area contributed by atoms with E-state index in [0.29, 0.717) is 56.8 Å². The molecule has 0 N–H and O–H groups in total. The second kappa shape index (κ2) is 10.7. The van der Waals surface area contributed by atoms with E-state index in [1.165, 1.54) is 13.2 Å². The number of rotatable bonds is 8. The molecule has 182 valence electrons. The molecule has 3 heterocycles. The molecule has 2 aliphatic heterocycles. The molecule has 34 heavy (non-hydrogen) atoms. The number of carbonyl (C=O) groups is 2. The smallest absolute Gasteiger partial charge is 0.343 e. The Morgan fingerprint density at radius 2 is 1.79 bits per heavy atom. The summed E-state index contributed by atoms with van der Waals surface area (Å²) in [4.78, 5) is 41.5. The molecule has 0 unspecified atom stereocenters. The molecular formula is C25H31N3O6. The molecule has 1 amide bonds. The summed E-state index contributed by atoms with van der Waals surface area (Å²) in [5, 5.41) is 0. The third kappa shape index (κ3) is 5.25. The first kappa shape index (κ1) is 23.8. The van der Waals surface area contributed by atoms with Gasteiger partial charge in [0, 0.05) is 57.3 Å². The summed E-state index contributed by atoms with van der Waals surface area (Å²) in [5.41, 5.74) is 1.86. The zero-order valence-electron chi connectivity index (χ0n) is 19.7. The Morgan fingerprint density at radius 1 is 1.00 bits per heavy atom. The minimum Gasteiger partial charge on any atom is -0.497 e. The van der Waals surface area contributed by atoms with Gasteiger partial charge in [0.1, 0.15) is 23.7 Å². The Bertz CT molecular complexity index is 1100. The molecule has 9 heteroatoms. The summed E-state index contributed by atoms with van der Waals surface area (Å²) in [6, 6.07) is 9.28. The van der Waals surface area contributed by atoms with Crippen LogP contribution in [0.3, 0.4) is 0 Å². The number of nitrogens with zero attached hydrogens (tertiary/aromatic N) is 3. The van der Waals surface area contributed by atoms with Crippen molar-refractivity contribution >= 4 is 11.9 Å². The van der Waals surface area contributed by atoms with Crippen LogP contribution in [0.4, 0.5) is 0 Å². The van der Waals surface area contributed by atoms with Gasteiger partial charge < -0.3 is 23.7 Å². The number of hydrogen-bond donors (Lipinski definition) is 0. The van der Waals surface area contributed by atoms with Gasteiger partial charge in [-0.05, 0) is 24.1 Å². The van der Waals surface area contributed by atoms with Gasteiger partial charge in [-0.2, -0.15) is 0 Å². The lowest BCUT2D eigenvalue weighted by molar-refractivity contribution is -0.128. The van der Waals surface area contributed by atoms with Crippen LogP contribution in [-0.2, 0) is 29.0 Å². The standard InChI is InChI=1S/C25H31N3O6/c1-32-19-7-5-18(6-8-19)17-26-11-9-20-24(25(31)33-2)21(16-23(30)28(20)13-12-26)34-15-14-27-10-3-4-22(27)29/h5-8,16H,3-4,9-15,17H2,1-2H3. The van der Waals surface area contributed by atoms with Gasteiger partial charge in [-0.3, -0.25) is 14.5 Å². The highest BCUT2D eigenvalue weighted by molar-refractivity contribution is 5.93. The lowest BCUT2D eigenvalue weighted by Crippen LogP contribution is -2.31. The van der Waals surface area contributed by atoms with Gasteiger partial charge in [0.05, 0.1) is 20.8 Å². The average molecular weight is 470 g/mol. The molecule has 4 rings (SSSR count). The van der Waals surface area contributed by atoms with Gasteiger partial charge in [-0.1, -0.05) is 12.1 Å². The summed E-state index contributed by atoms with van der Waals surface area (Å²) in [6.07, 6.45) is 1.91. The van der Waals surface area contributed by atoms with E-state index in [0.717, 1.165) is 24.3 Å².